The Morgan fingerprint density at radius 3 is 2.65 bits per heavy atom. The molecule has 1 amide bonds. The van der Waals surface area contributed by atoms with E-state index in [2.05, 4.69) is 15.6 Å². The fraction of sp³-hybridized carbons (Fsp3) is 0.176. The van der Waals surface area contributed by atoms with Crippen LogP contribution in [0.2, 0.25) is 5.02 Å². The monoisotopic (exact) mass is 399 g/mol. The quantitative estimate of drug-likeness (QED) is 0.605. The van der Waals surface area contributed by atoms with Gasteiger partial charge in [-0.25, -0.2) is 4.98 Å². The van der Waals surface area contributed by atoms with E-state index in [1.54, 1.807) is 0 Å². The number of halogens is 4. The smallest absolute Gasteiger partial charge is 0.368 e. The molecule has 0 aliphatic heterocycles. The van der Waals surface area contributed by atoms with Crippen molar-refractivity contribution in [3.8, 4) is 0 Å². The van der Waals surface area contributed by atoms with Gasteiger partial charge in [-0.1, -0.05) is 29.8 Å². The number of nitrogens with zero attached hydrogens (tertiary/aromatic N) is 1. The summed E-state index contributed by atoms with van der Waals surface area (Å²) in [6, 6.07) is 9.55. The lowest BCUT2D eigenvalue weighted by Gasteiger charge is -2.13. The van der Waals surface area contributed by atoms with Gasteiger partial charge in [0.15, 0.2) is 0 Å². The first-order valence-corrected chi connectivity index (χ1v) is 8.78. The molecule has 26 heavy (non-hydrogen) atoms. The minimum atomic E-state index is -4.50. The number of hydrogen-bond acceptors (Lipinski definition) is 4. The molecule has 0 atom stereocenters. The van der Waals surface area contributed by atoms with Gasteiger partial charge < -0.3 is 10.6 Å². The molecule has 2 aromatic heterocycles. The molecule has 4 nitrogen and oxygen atoms in total. The third-order valence-corrected chi connectivity index (χ3v) is 5.23. The SMILES string of the molecule is O=C(NCCNc1ncccc1C(F)(F)F)c1sc2ccccc2c1Cl. The van der Waals surface area contributed by atoms with Crippen LogP contribution in [-0.4, -0.2) is 24.0 Å². The van der Waals surface area contributed by atoms with Gasteiger partial charge in [0.05, 0.1) is 10.6 Å². The topological polar surface area (TPSA) is 54.0 Å². The zero-order valence-corrected chi connectivity index (χ0v) is 14.8. The molecule has 1 aromatic carbocycles. The van der Waals surface area contributed by atoms with Crippen LogP contribution in [-0.2, 0) is 6.18 Å². The molecule has 3 aromatic rings. The van der Waals surface area contributed by atoms with Crippen LogP contribution in [0.15, 0.2) is 42.6 Å². The number of aromatic nitrogens is 1. The predicted octanol–water partition coefficient (Wildman–Crippen LogP) is 4.81. The first kappa shape index (κ1) is 18.5. The summed E-state index contributed by atoms with van der Waals surface area (Å²) in [7, 11) is 0. The maximum absolute atomic E-state index is 12.9. The second kappa shape index (κ2) is 7.51. The van der Waals surface area contributed by atoms with E-state index in [0.29, 0.717) is 9.90 Å². The van der Waals surface area contributed by atoms with Crippen LogP contribution in [0.4, 0.5) is 19.0 Å². The summed E-state index contributed by atoms with van der Waals surface area (Å²) in [6.07, 6.45) is -3.22. The summed E-state index contributed by atoms with van der Waals surface area (Å²) in [5, 5.41) is 6.41. The van der Waals surface area contributed by atoms with Crippen LogP contribution in [0.3, 0.4) is 0 Å². The molecule has 0 fully saturated rings. The van der Waals surface area contributed by atoms with Crippen LogP contribution < -0.4 is 10.6 Å². The van der Waals surface area contributed by atoms with E-state index in [1.807, 2.05) is 24.3 Å². The molecule has 0 bridgehead atoms. The van der Waals surface area contributed by atoms with E-state index in [1.165, 1.54) is 23.6 Å². The van der Waals surface area contributed by atoms with E-state index >= 15 is 0 Å². The van der Waals surface area contributed by atoms with Crippen molar-refractivity contribution in [1.29, 1.82) is 0 Å². The summed E-state index contributed by atoms with van der Waals surface area (Å²) in [5.41, 5.74) is -0.848. The molecule has 9 heteroatoms. The van der Waals surface area contributed by atoms with Gasteiger partial charge in [-0.3, -0.25) is 4.79 Å². The molecule has 0 radical (unpaired) electrons. The highest BCUT2D eigenvalue weighted by atomic mass is 35.5. The molecule has 136 valence electrons. The fourth-order valence-corrected chi connectivity index (χ4v) is 3.81. The largest absolute Gasteiger partial charge is 0.419 e. The Morgan fingerprint density at radius 2 is 1.92 bits per heavy atom. The number of anilines is 1. The molecule has 0 spiro atoms. The average Bonchev–Trinajstić information content (AvgIpc) is 2.95. The van der Waals surface area contributed by atoms with E-state index < -0.39 is 11.7 Å². The number of carbonyl (C=O) groups is 1. The lowest BCUT2D eigenvalue weighted by molar-refractivity contribution is -0.137. The van der Waals surface area contributed by atoms with Crippen molar-refractivity contribution in [1.82, 2.24) is 10.3 Å². The van der Waals surface area contributed by atoms with Gasteiger partial charge in [-0.05, 0) is 18.2 Å². The van der Waals surface area contributed by atoms with E-state index in [9.17, 15) is 18.0 Å². The Labute approximate surface area is 156 Å². The van der Waals surface area contributed by atoms with Crippen molar-refractivity contribution in [2.24, 2.45) is 0 Å². The van der Waals surface area contributed by atoms with Gasteiger partial charge in [-0.15, -0.1) is 11.3 Å². The Morgan fingerprint density at radius 1 is 1.15 bits per heavy atom. The van der Waals surface area contributed by atoms with Crippen molar-refractivity contribution in [2.45, 2.75) is 6.18 Å². The third kappa shape index (κ3) is 3.91. The summed E-state index contributed by atoms with van der Waals surface area (Å²) in [5.74, 6) is -0.635. The molecular weight excluding hydrogens is 387 g/mol. The van der Waals surface area contributed by atoms with Crippen LogP contribution in [0, 0.1) is 0 Å². The number of rotatable bonds is 5. The Bertz CT molecular complexity index is 942. The lowest BCUT2D eigenvalue weighted by atomic mass is 10.2. The first-order valence-electron chi connectivity index (χ1n) is 7.59. The molecule has 2 N–H and O–H groups in total. The summed E-state index contributed by atoms with van der Waals surface area (Å²) in [4.78, 5) is 16.3. The highest BCUT2D eigenvalue weighted by Crippen LogP contribution is 2.35. The van der Waals surface area contributed by atoms with Crippen molar-refractivity contribution in [2.75, 3.05) is 18.4 Å². The normalized spacial score (nSPS) is 11.5. The van der Waals surface area contributed by atoms with E-state index in [4.69, 9.17) is 11.6 Å². The lowest BCUT2D eigenvalue weighted by Crippen LogP contribution is -2.29. The van der Waals surface area contributed by atoms with Crippen LogP contribution in [0.5, 0.6) is 0 Å². The number of fused-ring (bicyclic) bond motifs is 1. The fourth-order valence-electron chi connectivity index (χ4n) is 2.37. The van der Waals surface area contributed by atoms with Crippen molar-refractivity contribution in [3.05, 3.63) is 58.1 Å². The second-order valence-corrected chi connectivity index (χ2v) is 6.75. The van der Waals surface area contributed by atoms with Gasteiger partial charge in [0, 0.05) is 29.4 Å². The Hall–Kier alpha value is -2.32. The van der Waals surface area contributed by atoms with Crippen LogP contribution in [0.1, 0.15) is 15.2 Å². The van der Waals surface area contributed by atoms with Crippen LogP contribution in [0.25, 0.3) is 10.1 Å². The summed E-state index contributed by atoms with van der Waals surface area (Å²) in [6.45, 7) is 0.214. The zero-order chi connectivity index (χ0) is 18.7. The van der Waals surface area contributed by atoms with Gasteiger partial charge in [0.1, 0.15) is 10.7 Å². The van der Waals surface area contributed by atoms with Crippen molar-refractivity contribution >= 4 is 44.7 Å². The Balaban J connectivity index is 1.60. The maximum Gasteiger partial charge on any atom is 0.419 e. The highest BCUT2D eigenvalue weighted by molar-refractivity contribution is 7.21. The second-order valence-electron chi connectivity index (χ2n) is 5.32. The molecule has 3 rings (SSSR count). The molecular formula is C17H13ClF3N3OS. The highest BCUT2D eigenvalue weighted by Gasteiger charge is 2.33. The number of benzene rings is 1. The van der Waals surface area contributed by atoms with E-state index in [-0.39, 0.29) is 24.8 Å². The number of amides is 1. The number of nitrogens with one attached hydrogen (secondary N) is 2. The number of hydrogen-bond donors (Lipinski definition) is 2. The Kier molecular flexibility index (Phi) is 5.33. The number of carbonyl (C=O) groups excluding carboxylic acids is 1. The summed E-state index contributed by atoms with van der Waals surface area (Å²) < 4.78 is 39.6. The van der Waals surface area contributed by atoms with Gasteiger partial charge in [0.25, 0.3) is 5.91 Å². The summed E-state index contributed by atoms with van der Waals surface area (Å²) >= 11 is 7.50. The zero-order valence-electron chi connectivity index (χ0n) is 13.2. The van der Waals surface area contributed by atoms with Gasteiger partial charge in [0.2, 0.25) is 0 Å². The molecule has 2 heterocycles. The molecule has 0 saturated carbocycles. The number of thiophene rings is 1. The van der Waals surface area contributed by atoms with Crippen LogP contribution >= 0.6 is 22.9 Å². The van der Waals surface area contributed by atoms with Crippen molar-refractivity contribution in [3.63, 3.8) is 0 Å². The minimum absolute atomic E-state index is 0.0916. The predicted molar refractivity (Wildman–Crippen MR) is 96.9 cm³/mol. The molecule has 0 aliphatic rings. The van der Waals surface area contributed by atoms with Gasteiger partial charge >= 0.3 is 6.18 Å². The van der Waals surface area contributed by atoms with Gasteiger partial charge in [-0.2, -0.15) is 13.2 Å². The molecule has 0 aliphatic carbocycles. The minimum Gasteiger partial charge on any atom is -0.368 e. The standard InChI is InChI=1S/C17H13ClF3N3OS/c18-13-10-4-1-2-6-12(10)26-14(13)16(25)24-9-8-23-15-11(17(19,20)21)5-3-7-22-15/h1-7H,8-9H2,(H,22,23)(H,24,25). The molecule has 0 unspecified atom stereocenters. The average molecular weight is 400 g/mol. The number of alkyl halides is 3. The molecule has 0 saturated heterocycles. The van der Waals surface area contributed by atoms with Crippen molar-refractivity contribution < 1.29 is 18.0 Å². The third-order valence-electron chi connectivity index (χ3n) is 3.56. The first-order chi connectivity index (χ1) is 12.4. The maximum atomic E-state index is 12.9. The van der Waals surface area contributed by atoms with E-state index in [0.717, 1.165) is 16.2 Å². The number of pyridine rings is 1.